The van der Waals surface area contributed by atoms with Crippen LogP contribution in [0.3, 0.4) is 0 Å². The van der Waals surface area contributed by atoms with Crippen molar-refractivity contribution in [1.82, 2.24) is 15.0 Å². The second-order valence-electron chi connectivity index (χ2n) is 10.9. The first-order valence-corrected chi connectivity index (χ1v) is 15.7. The molecular formula is C41H27N3S. The molecule has 3 heterocycles. The van der Waals surface area contributed by atoms with Crippen LogP contribution in [0.4, 0.5) is 0 Å². The van der Waals surface area contributed by atoms with E-state index in [4.69, 9.17) is 9.97 Å². The Morgan fingerprint density at radius 3 is 1.76 bits per heavy atom. The van der Waals surface area contributed by atoms with E-state index >= 15 is 0 Å². The largest absolute Gasteiger partial charge is 0.264 e. The molecule has 7 aromatic rings. The Kier molecular flexibility index (Phi) is 7.10. The van der Waals surface area contributed by atoms with E-state index < -0.39 is 0 Å². The molecule has 0 aliphatic carbocycles. The Balaban J connectivity index is 1.34. The Morgan fingerprint density at radius 1 is 0.422 bits per heavy atom. The molecular weight excluding hydrogens is 567 g/mol. The van der Waals surface area contributed by atoms with Crippen LogP contribution in [0.15, 0.2) is 162 Å². The van der Waals surface area contributed by atoms with E-state index in [-0.39, 0.29) is 0 Å². The first kappa shape index (κ1) is 27.0. The molecule has 8 rings (SSSR count). The summed E-state index contributed by atoms with van der Waals surface area (Å²) >= 11 is 1.81. The zero-order chi connectivity index (χ0) is 30.0. The molecule has 2 aromatic heterocycles. The van der Waals surface area contributed by atoms with Crippen LogP contribution in [0.25, 0.3) is 68.3 Å². The van der Waals surface area contributed by atoms with Gasteiger partial charge in [-0.15, -0.1) is 0 Å². The van der Waals surface area contributed by atoms with Gasteiger partial charge in [0, 0.05) is 38.9 Å². The molecule has 0 saturated heterocycles. The van der Waals surface area contributed by atoms with Crippen molar-refractivity contribution in [3.05, 3.63) is 163 Å². The van der Waals surface area contributed by atoms with Crippen molar-refractivity contribution in [2.45, 2.75) is 9.79 Å². The Hall–Kier alpha value is -5.58. The summed E-state index contributed by atoms with van der Waals surface area (Å²) in [6.07, 6.45) is 8.10. The first-order valence-electron chi connectivity index (χ1n) is 14.9. The fraction of sp³-hybridized carbons (Fsp3) is 0. The fourth-order valence-electron chi connectivity index (χ4n) is 5.81. The molecule has 0 unspecified atom stereocenters. The van der Waals surface area contributed by atoms with Gasteiger partial charge in [-0.05, 0) is 69.8 Å². The highest BCUT2D eigenvalue weighted by molar-refractivity contribution is 7.99. The quantitative estimate of drug-likeness (QED) is 0.204. The predicted molar refractivity (Wildman–Crippen MR) is 186 cm³/mol. The SMILES string of the molecule is C1=C\c2ccc(-c3nc(-c4ccccc4)cc(-c4cccnc4)n3)cc2-c2ccccc2Sc2ccccc2-c2ccccc2/1. The highest BCUT2D eigenvalue weighted by Crippen LogP contribution is 2.44. The lowest BCUT2D eigenvalue weighted by molar-refractivity contribution is 1.18. The smallest absolute Gasteiger partial charge is 0.160 e. The Labute approximate surface area is 267 Å². The number of fused-ring (bicyclic) bond motifs is 6. The topological polar surface area (TPSA) is 38.7 Å². The summed E-state index contributed by atoms with van der Waals surface area (Å²) < 4.78 is 0. The molecule has 0 fully saturated rings. The number of aromatic nitrogens is 3. The van der Waals surface area contributed by atoms with Crippen molar-refractivity contribution >= 4 is 23.9 Å². The normalized spacial score (nSPS) is 12.5. The number of benzene rings is 5. The molecule has 5 aromatic carbocycles. The van der Waals surface area contributed by atoms with Gasteiger partial charge in [0.15, 0.2) is 5.82 Å². The van der Waals surface area contributed by atoms with Crippen LogP contribution in [-0.4, -0.2) is 15.0 Å². The Bertz CT molecular complexity index is 2130. The van der Waals surface area contributed by atoms with Gasteiger partial charge in [-0.1, -0.05) is 127 Å². The number of nitrogens with zero attached hydrogens (tertiary/aromatic N) is 3. The molecule has 0 N–H and O–H groups in total. The molecule has 4 heteroatoms. The van der Waals surface area contributed by atoms with E-state index in [0.29, 0.717) is 5.82 Å². The average Bonchev–Trinajstić information content (AvgIpc) is 3.14. The summed E-state index contributed by atoms with van der Waals surface area (Å²) in [7, 11) is 0. The van der Waals surface area contributed by atoms with Crippen LogP contribution in [0.1, 0.15) is 11.1 Å². The second kappa shape index (κ2) is 11.8. The summed E-state index contributed by atoms with van der Waals surface area (Å²) in [6, 6.07) is 48.8. The van der Waals surface area contributed by atoms with Gasteiger partial charge in [0.05, 0.1) is 11.4 Å². The molecule has 0 spiro atoms. The number of hydrogen-bond acceptors (Lipinski definition) is 4. The minimum atomic E-state index is 0.678. The summed E-state index contributed by atoms with van der Waals surface area (Å²) in [4.78, 5) is 17.0. The zero-order valence-corrected chi connectivity index (χ0v) is 25.2. The fourth-order valence-corrected chi connectivity index (χ4v) is 6.92. The molecule has 0 amide bonds. The number of hydrogen-bond donors (Lipinski definition) is 0. The van der Waals surface area contributed by atoms with Crippen molar-refractivity contribution in [1.29, 1.82) is 0 Å². The van der Waals surface area contributed by atoms with E-state index in [0.717, 1.165) is 39.2 Å². The molecule has 1 aliphatic heterocycles. The first-order chi connectivity index (χ1) is 22.3. The maximum absolute atomic E-state index is 5.10. The second-order valence-corrected chi connectivity index (χ2v) is 12.0. The summed E-state index contributed by atoms with van der Waals surface area (Å²) in [6.45, 7) is 0. The van der Waals surface area contributed by atoms with E-state index in [2.05, 4.69) is 120 Å². The van der Waals surface area contributed by atoms with Crippen molar-refractivity contribution in [2.24, 2.45) is 0 Å². The molecule has 0 radical (unpaired) electrons. The predicted octanol–water partition coefficient (Wildman–Crippen LogP) is 10.8. The lowest BCUT2D eigenvalue weighted by Crippen LogP contribution is -1.97. The minimum Gasteiger partial charge on any atom is -0.264 e. The maximum Gasteiger partial charge on any atom is 0.160 e. The van der Waals surface area contributed by atoms with Crippen LogP contribution in [0.2, 0.25) is 0 Å². The van der Waals surface area contributed by atoms with Crippen LogP contribution in [0.5, 0.6) is 0 Å². The third-order valence-corrected chi connectivity index (χ3v) is 9.19. The summed E-state index contributed by atoms with van der Waals surface area (Å²) in [5.41, 5.74) is 11.8. The van der Waals surface area contributed by atoms with E-state index in [1.807, 2.05) is 54.4 Å². The molecule has 3 nitrogen and oxygen atoms in total. The van der Waals surface area contributed by atoms with Gasteiger partial charge in [0.1, 0.15) is 0 Å². The third-order valence-electron chi connectivity index (χ3n) is 8.04. The lowest BCUT2D eigenvalue weighted by atomic mass is 9.94. The van der Waals surface area contributed by atoms with Crippen LogP contribution in [-0.2, 0) is 0 Å². The summed E-state index contributed by atoms with van der Waals surface area (Å²) in [5.74, 6) is 0.678. The highest BCUT2D eigenvalue weighted by atomic mass is 32.2. The van der Waals surface area contributed by atoms with Crippen molar-refractivity contribution in [2.75, 3.05) is 0 Å². The lowest BCUT2D eigenvalue weighted by Gasteiger charge is -2.15. The molecule has 45 heavy (non-hydrogen) atoms. The molecule has 212 valence electrons. The van der Waals surface area contributed by atoms with Gasteiger partial charge in [-0.25, -0.2) is 9.97 Å². The monoisotopic (exact) mass is 593 g/mol. The number of pyridine rings is 1. The molecule has 1 aliphatic rings. The van der Waals surface area contributed by atoms with Crippen LogP contribution in [0, 0.1) is 0 Å². The van der Waals surface area contributed by atoms with Gasteiger partial charge in [0.2, 0.25) is 0 Å². The van der Waals surface area contributed by atoms with E-state index in [1.165, 1.54) is 32.0 Å². The standard InChI is InChI=1S/C41H27N3S/c1-2-12-30(13-3-1)37-26-38(32-14-10-24-42-27-32)44-41(43-37)31-23-22-29-21-20-28-11-4-5-15-33(28)34-16-6-8-18-39(34)45-40-19-9-7-17-35(40)36(29)25-31/h1-27H/b21-20-. The van der Waals surface area contributed by atoms with Crippen molar-refractivity contribution in [3.8, 4) is 56.2 Å². The van der Waals surface area contributed by atoms with E-state index in [1.54, 1.807) is 6.20 Å². The average molecular weight is 594 g/mol. The van der Waals surface area contributed by atoms with Crippen LogP contribution < -0.4 is 0 Å². The van der Waals surface area contributed by atoms with Crippen molar-refractivity contribution in [3.63, 3.8) is 0 Å². The van der Waals surface area contributed by atoms with Gasteiger partial charge >= 0.3 is 0 Å². The Morgan fingerprint density at radius 2 is 1.02 bits per heavy atom. The maximum atomic E-state index is 5.10. The molecule has 0 bridgehead atoms. The highest BCUT2D eigenvalue weighted by Gasteiger charge is 2.17. The minimum absolute atomic E-state index is 0.678. The molecule has 0 atom stereocenters. The van der Waals surface area contributed by atoms with Crippen molar-refractivity contribution < 1.29 is 0 Å². The van der Waals surface area contributed by atoms with E-state index in [9.17, 15) is 0 Å². The third kappa shape index (κ3) is 5.37. The summed E-state index contributed by atoms with van der Waals surface area (Å²) in [5, 5.41) is 0. The number of rotatable bonds is 3. The molecule has 0 saturated carbocycles. The van der Waals surface area contributed by atoms with Crippen LogP contribution >= 0.6 is 11.8 Å². The van der Waals surface area contributed by atoms with Gasteiger partial charge < -0.3 is 0 Å². The van der Waals surface area contributed by atoms with Gasteiger partial charge in [-0.2, -0.15) is 0 Å². The van der Waals surface area contributed by atoms with Gasteiger partial charge in [-0.3, -0.25) is 4.98 Å². The van der Waals surface area contributed by atoms with Gasteiger partial charge in [0.25, 0.3) is 0 Å². The zero-order valence-electron chi connectivity index (χ0n) is 24.3.